The van der Waals surface area contributed by atoms with Gasteiger partial charge in [-0.3, -0.25) is 4.79 Å². The number of carbonyl (C=O) groups is 2. The van der Waals surface area contributed by atoms with Gasteiger partial charge in [-0.15, -0.1) is 0 Å². The van der Waals surface area contributed by atoms with Crippen LogP contribution in [0.25, 0.3) is 0 Å². The molecule has 0 bridgehead atoms. The summed E-state index contributed by atoms with van der Waals surface area (Å²) in [4.78, 5) is 22.8. The molecule has 1 rings (SSSR count). The quantitative estimate of drug-likeness (QED) is 0.609. The number of rotatable bonds is 5. The van der Waals surface area contributed by atoms with Crippen LogP contribution in [0, 0.1) is 0 Å². The Balaban J connectivity index is 3.05. The van der Waals surface area contributed by atoms with Crippen molar-refractivity contribution < 1.29 is 19.1 Å². The number of esters is 2. The third-order valence-electron chi connectivity index (χ3n) is 2.35. The molecule has 0 aromatic carbocycles. The van der Waals surface area contributed by atoms with Gasteiger partial charge >= 0.3 is 11.9 Å². The molecule has 1 heterocycles. The fraction of sp³-hybridized carbons (Fsp3) is 0.455. The van der Waals surface area contributed by atoms with E-state index in [2.05, 4.69) is 25.4 Å². The first kappa shape index (κ1) is 13.8. The van der Waals surface area contributed by atoms with Crippen LogP contribution in [0.3, 0.4) is 0 Å². The Morgan fingerprint density at radius 2 is 2.06 bits per heavy atom. The van der Waals surface area contributed by atoms with E-state index in [1.165, 1.54) is 14.2 Å². The lowest BCUT2D eigenvalue weighted by Gasteiger charge is -2.08. The molecule has 0 aliphatic heterocycles. The molecule has 0 N–H and O–H groups in total. The number of aromatic nitrogens is 1. The summed E-state index contributed by atoms with van der Waals surface area (Å²) >= 11 is 3.31. The molecule has 0 fully saturated rings. The summed E-state index contributed by atoms with van der Waals surface area (Å²) in [7, 11) is 2.63. The molecule has 94 valence electrons. The van der Waals surface area contributed by atoms with Gasteiger partial charge in [0.15, 0.2) is 0 Å². The molecule has 0 unspecified atom stereocenters. The van der Waals surface area contributed by atoms with Crippen molar-refractivity contribution in [2.75, 3.05) is 19.5 Å². The first-order valence-corrected chi connectivity index (χ1v) is 6.15. The molecule has 0 aliphatic carbocycles. The Morgan fingerprint density at radius 3 is 2.59 bits per heavy atom. The van der Waals surface area contributed by atoms with E-state index in [-0.39, 0.29) is 12.4 Å². The molecular weight excluding hydrogens is 290 g/mol. The number of halogens is 1. The topological polar surface area (TPSA) is 57.5 Å². The predicted molar refractivity (Wildman–Crippen MR) is 65.3 cm³/mol. The molecule has 5 nitrogen and oxygen atoms in total. The largest absolute Gasteiger partial charge is 0.469 e. The van der Waals surface area contributed by atoms with Crippen LogP contribution in [0.5, 0.6) is 0 Å². The average molecular weight is 304 g/mol. The smallest absolute Gasteiger partial charge is 0.339 e. The van der Waals surface area contributed by atoms with Gasteiger partial charge in [-0.2, -0.15) is 0 Å². The Morgan fingerprint density at radius 1 is 1.35 bits per heavy atom. The van der Waals surface area contributed by atoms with E-state index in [0.29, 0.717) is 17.8 Å². The molecule has 17 heavy (non-hydrogen) atoms. The molecule has 0 saturated heterocycles. The molecular formula is C11H14BrNO4. The average Bonchev–Trinajstić information content (AvgIpc) is 2.72. The highest BCUT2D eigenvalue weighted by Crippen LogP contribution is 2.14. The summed E-state index contributed by atoms with van der Waals surface area (Å²) in [6.45, 7) is 0.670. The van der Waals surface area contributed by atoms with E-state index in [1.54, 1.807) is 12.3 Å². The normalized spacial score (nSPS) is 10.1. The van der Waals surface area contributed by atoms with Crippen molar-refractivity contribution in [2.24, 2.45) is 0 Å². The summed E-state index contributed by atoms with van der Waals surface area (Å²) < 4.78 is 11.1. The molecule has 0 spiro atoms. The van der Waals surface area contributed by atoms with Gasteiger partial charge in [0, 0.05) is 23.8 Å². The Bertz CT molecular complexity index is 414. The minimum atomic E-state index is -0.447. The zero-order chi connectivity index (χ0) is 12.8. The third-order valence-corrected chi connectivity index (χ3v) is 2.70. The maximum atomic E-state index is 11.5. The number of hydrogen-bond acceptors (Lipinski definition) is 4. The van der Waals surface area contributed by atoms with Crippen LogP contribution < -0.4 is 0 Å². The molecule has 0 atom stereocenters. The molecule has 1 aromatic heterocycles. The minimum absolute atomic E-state index is 0.0565. The first-order chi connectivity index (χ1) is 8.13. The number of ether oxygens (including phenoxy) is 2. The van der Waals surface area contributed by atoms with Crippen molar-refractivity contribution in [1.29, 1.82) is 0 Å². The van der Waals surface area contributed by atoms with Crippen molar-refractivity contribution in [3.05, 3.63) is 23.5 Å². The SMILES string of the molecule is COC(=O)Cc1c(C(=O)OC)ccn1CCBr. The fourth-order valence-electron chi connectivity index (χ4n) is 1.51. The number of methoxy groups -OCH3 is 2. The van der Waals surface area contributed by atoms with Crippen LogP contribution in [0.15, 0.2) is 12.3 Å². The third kappa shape index (κ3) is 3.33. The van der Waals surface area contributed by atoms with Crippen LogP contribution in [0.2, 0.25) is 0 Å². The van der Waals surface area contributed by atoms with Crippen molar-refractivity contribution in [1.82, 2.24) is 4.57 Å². The van der Waals surface area contributed by atoms with E-state index in [9.17, 15) is 9.59 Å². The molecule has 0 aliphatic rings. The molecule has 0 amide bonds. The van der Waals surface area contributed by atoms with Crippen LogP contribution >= 0.6 is 15.9 Å². The molecule has 1 aromatic rings. The zero-order valence-electron chi connectivity index (χ0n) is 9.73. The Labute approximate surface area is 108 Å². The number of carbonyl (C=O) groups excluding carboxylic acids is 2. The number of hydrogen-bond donors (Lipinski definition) is 0. The highest BCUT2D eigenvalue weighted by atomic mass is 79.9. The van der Waals surface area contributed by atoms with Crippen LogP contribution in [-0.4, -0.2) is 36.1 Å². The Hall–Kier alpha value is -1.30. The van der Waals surface area contributed by atoms with Crippen molar-refractivity contribution >= 4 is 27.9 Å². The summed E-state index contributed by atoms with van der Waals surface area (Å²) in [6.07, 6.45) is 1.81. The summed E-state index contributed by atoms with van der Waals surface area (Å²) in [5.41, 5.74) is 1.02. The van der Waals surface area contributed by atoms with Crippen LogP contribution in [-0.2, 0) is 27.2 Å². The summed E-state index contributed by atoms with van der Waals surface area (Å²) in [5, 5.41) is 0.733. The zero-order valence-corrected chi connectivity index (χ0v) is 11.3. The van der Waals surface area contributed by atoms with E-state index < -0.39 is 5.97 Å². The monoisotopic (exact) mass is 303 g/mol. The number of aryl methyl sites for hydroxylation is 1. The standard InChI is InChI=1S/C11H14BrNO4/c1-16-10(14)7-9-8(11(15)17-2)3-5-13(9)6-4-12/h3,5H,4,6-7H2,1-2H3. The molecule has 0 radical (unpaired) electrons. The van der Waals surface area contributed by atoms with Gasteiger partial charge in [0.1, 0.15) is 0 Å². The molecule has 6 heteroatoms. The minimum Gasteiger partial charge on any atom is -0.469 e. The van der Waals surface area contributed by atoms with Gasteiger partial charge in [-0.25, -0.2) is 4.79 Å². The maximum absolute atomic E-state index is 11.5. The van der Waals surface area contributed by atoms with Gasteiger partial charge in [0.2, 0.25) is 0 Å². The predicted octanol–water partition coefficient (Wildman–Crippen LogP) is 1.39. The van der Waals surface area contributed by atoms with Crippen LogP contribution in [0.1, 0.15) is 16.1 Å². The maximum Gasteiger partial charge on any atom is 0.339 e. The van der Waals surface area contributed by atoms with E-state index in [0.717, 1.165) is 5.33 Å². The van der Waals surface area contributed by atoms with E-state index >= 15 is 0 Å². The van der Waals surface area contributed by atoms with E-state index in [4.69, 9.17) is 0 Å². The molecule has 0 saturated carbocycles. The van der Waals surface area contributed by atoms with Crippen LogP contribution in [0.4, 0.5) is 0 Å². The van der Waals surface area contributed by atoms with Crippen molar-refractivity contribution in [3.63, 3.8) is 0 Å². The van der Waals surface area contributed by atoms with Gasteiger partial charge < -0.3 is 14.0 Å². The highest BCUT2D eigenvalue weighted by Gasteiger charge is 2.18. The van der Waals surface area contributed by atoms with Crippen molar-refractivity contribution in [2.45, 2.75) is 13.0 Å². The summed E-state index contributed by atoms with van der Waals surface area (Å²) in [5.74, 6) is -0.832. The lowest BCUT2D eigenvalue weighted by molar-refractivity contribution is -0.139. The Kier molecular flexibility index (Phi) is 5.21. The van der Waals surface area contributed by atoms with Gasteiger partial charge in [0.25, 0.3) is 0 Å². The number of alkyl halides is 1. The van der Waals surface area contributed by atoms with E-state index in [1.807, 2.05) is 4.57 Å². The number of nitrogens with zero attached hydrogens (tertiary/aromatic N) is 1. The van der Waals surface area contributed by atoms with Crippen molar-refractivity contribution in [3.8, 4) is 0 Å². The fourth-order valence-corrected chi connectivity index (χ4v) is 1.89. The lowest BCUT2D eigenvalue weighted by Crippen LogP contribution is -2.14. The lowest BCUT2D eigenvalue weighted by atomic mass is 10.2. The highest BCUT2D eigenvalue weighted by molar-refractivity contribution is 9.09. The second-order valence-corrected chi connectivity index (χ2v) is 4.10. The first-order valence-electron chi connectivity index (χ1n) is 5.03. The van der Waals surface area contributed by atoms with Gasteiger partial charge in [-0.1, -0.05) is 15.9 Å². The second kappa shape index (κ2) is 6.44. The van der Waals surface area contributed by atoms with Gasteiger partial charge in [0.05, 0.1) is 26.2 Å². The summed E-state index contributed by atoms with van der Waals surface area (Å²) in [6, 6.07) is 1.65. The van der Waals surface area contributed by atoms with Gasteiger partial charge in [-0.05, 0) is 6.07 Å². The second-order valence-electron chi connectivity index (χ2n) is 3.30.